The van der Waals surface area contributed by atoms with Crippen LogP contribution < -0.4 is 5.73 Å². The Labute approximate surface area is 107 Å². The number of nitrogens with zero attached hydrogens (tertiary/aromatic N) is 1. The van der Waals surface area contributed by atoms with E-state index in [1.54, 1.807) is 12.1 Å². The van der Waals surface area contributed by atoms with Gasteiger partial charge in [0.25, 0.3) is 0 Å². The number of benzene rings is 1. The molecule has 0 bridgehead atoms. The molecule has 1 aromatic rings. The van der Waals surface area contributed by atoms with Gasteiger partial charge in [0.1, 0.15) is 5.82 Å². The molecule has 0 radical (unpaired) electrons. The van der Waals surface area contributed by atoms with Crippen LogP contribution in [-0.4, -0.2) is 22.5 Å². The third-order valence-corrected chi connectivity index (χ3v) is 3.19. The third-order valence-electron chi connectivity index (χ3n) is 2.98. The minimum absolute atomic E-state index is 0.174. The minimum atomic E-state index is -0.174. The predicted octanol–water partition coefficient (Wildman–Crippen LogP) is 2.47. The first-order chi connectivity index (χ1) is 8.15. The molecule has 2 rings (SSSR count). The summed E-state index contributed by atoms with van der Waals surface area (Å²) in [6, 6.07) is 7.41. The molecule has 1 aromatic carbocycles. The lowest BCUT2D eigenvalue weighted by atomic mass is 10.2. The summed E-state index contributed by atoms with van der Waals surface area (Å²) in [7, 11) is 0. The fraction of sp³-hybridized carbons (Fsp3) is 0.462. The first-order valence-electron chi connectivity index (χ1n) is 5.92. The van der Waals surface area contributed by atoms with Crippen molar-refractivity contribution in [2.45, 2.75) is 31.8 Å². The summed E-state index contributed by atoms with van der Waals surface area (Å²) in [6.07, 6.45) is 3.19. The maximum absolute atomic E-state index is 13.1. The van der Waals surface area contributed by atoms with Crippen molar-refractivity contribution in [1.82, 2.24) is 4.90 Å². The largest absolute Gasteiger partial charge is 0.393 e. The van der Waals surface area contributed by atoms with Gasteiger partial charge in [-0.05, 0) is 30.5 Å². The van der Waals surface area contributed by atoms with Crippen LogP contribution in [-0.2, 0) is 6.54 Å². The highest BCUT2D eigenvalue weighted by atomic mass is 32.1. The summed E-state index contributed by atoms with van der Waals surface area (Å²) >= 11 is 4.90. The molecule has 17 heavy (non-hydrogen) atoms. The van der Waals surface area contributed by atoms with Crippen molar-refractivity contribution in [3.05, 3.63) is 35.6 Å². The predicted molar refractivity (Wildman–Crippen MR) is 71.2 cm³/mol. The van der Waals surface area contributed by atoms with Crippen LogP contribution in [0, 0.1) is 5.82 Å². The Balaban J connectivity index is 1.95. The van der Waals surface area contributed by atoms with E-state index in [0.717, 1.165) is 25.1 Å². The van der Waals surface area contributed by atoms with E-state index in [4.69, 9.17) is 18.0 Å². The molecule has 92 valence electrons. The molecule has 0 amide bonds. The second kappa shape index (κ2) is 5.56. The maximum Gasteiger partial charge on any atom is 0.123 e. The lowest BCUT2D eigenvalue weighted by molar-refractivity contribution is 0.262. The number of hydrogen-bond acceptors (Lipinski definition) is 2. The Kier molecular flexibility index (Phi) is 4.07. The van der Waals surface area contributed by atoms with Gasteiger partial charge in [-0.3, -0.25) is 4.90 Å². The summed E-state index contributed by atoms with van der Waals surface area (Å²) in [5.74, 6) is -0.174. The van der Waals surface area contributed by atoms with E-state index in [2.05, 4.69) is 4.90 Å². The SMILES string of the molecule is NC(=S)CCN(Cc1cccc(F)c1)C1CC1. The van der Waals surface area contributed by atoms with Gasteiger partial charge < -0.3 is 5.73 Å². The van der Waals surface area contributed by atoms with E-state index in [-0.39, 0.29) is 5.82 Å². The summed E-state index contributed by atoms with van der Waals surface area (Å²) in [4.78, 5) is 2.89. The average molecular weight is 252 g/mol. The fourth-order valence-corrected chi connectivity index (χ4v) is 2.05. The highest BCUT2D eigenvalue weighted by Crippen LogP contribution is 2.28. The molecule has 1 aliphatic rings. The van der Waals surface area contributed by atoms with Crippen molar-refractivity contribution in [2.75, 3.05) is 6.54 Å². The van der Waals surface area contributed by atoms with E-state index >= 15 is 0 Å². The van der Waals surface area contributed by atoms with Crippen LogP contribution in [0.2, 0.25) is 0 Å². The van der Waals surface area contributed by atoms with E-state index < -0.39 is 0 Å². The smallest absolute Gasteiger partial charge is 0.123 e. The number of hydrogen-bond donors (Lipinski definition) is 1. The van der Waals surface area contributed by atoms with E-state index in [1.165, 1.54) is 18.9 Å². The van der Waals surface area contributed by atoms with Crippen molar-refractivity contribution in [3.8, 4) is 0 Å². The summed E-state index contributed by atoms with van der Waals surface area (Å²) in [5, 5.41) is 0. The summed E-state index contributed by atoms with van der Waals surface area (Å²) in [5.41, 5.74) is 6.54. The lowest BCUT2D eigenvalue weighted by Gasteiger charge is -2.21. The molecule has 0 spiro atoms. The molecule has 1 fully saturated rings. The van der Waals surface area contributed by atoms with E-state index in [1.807, 2.05) is 6.07 Å². The van der Waals surface area contributed by atoms with Crippen LogP contribution in [0.1, 0.15) is 24.8 Å². The van der Waals surface area contributed by atoms with Crippen LogP contribution >= 0.6 is 12.2 Å². The topological polar surface area (TPSA) is 29.3 Å². The molecule has 2 N–H and O–H groups in total. The Bertz CT molecular complexity index is 404. The van der Waals surface area contributed by atoms with Gasteiger partial charge in [0.2, 0.25) is 0 Å². The molecule has 0 aliphatic heterocycles. The summed E-state index contributed by atoms with van der Waals surface area (Å²) < 4.78 is 13.1. The molecule has 1 saturated carbocycles. The van der Waals surface area contributed by atoms with Crippen LogP contribution in [0.15, 0.2) is 24.3 Å². The van der Waals surface area contributed by atoms with E-state index in [0.29, 0.717) is 11.0 Å². The van der Waals surface area contributed by atoms with Crippen molar-refractivity contribution >= 4 is 17.2 Å². The van der Waals surface area contributed by atoms with Crippen molar-refractivity contribution in [2.24, 2.45) is 5.73 Å². The Morgan fingerprint density at radius 3 is 2.82 bits per heavy atom. The van der Waals surface area contributed by atoms with Crippen LogP contribution in [0.3, 0.4) is 0 Å². The van der Waals surface area contributed by atoms with Gasteiger partial charge in [0.05, 0.1) is 4.99 Å². The van der Waals surface area contributed by atoms with Gasteiger partial charge in [0.15, 0.2) is 0 Å². The zero-order chi connectivity index (χ0) is 12.3. The van der Waals surface area contributed by atoms with Crippen molar-refractivity contribution in [1.29, 1.82) is 0 Å². The molecule has 1 aliphatic carbocycles. The van der Waals surface area contributed by atoms with Crippen LogP contribution in [0.25, 0.3) is 0 Å². The van der Waals surface area contributed by atoms with Gasteiger partial charge in [-0.25, -0.2) is 4.39 Å². The molecule has 0 atom stereocenters. The highest BCUT2D eigenvalue weighted by molar-refractivity contribution is 7.80. The maximum atomic E-state index is 13.1. The molecule has 0 saturated heterocycles. The average Bonchev–Trinajstić information content (AvgIpc) is 3.07. The molecular weight excluding hydrogens is 235 g/mol. The molecule has 4 heteroatoms. The molecular formula is C13H17FN2S. The lowest BCUT2D eigenvalue weighted by Crippen LogP contribution is -2.29. The molecule has 0 unspecified atom stereocenters. The second-order valence-electron chi connectivity index (χ2n) is 4.55. The zero-order valence-corrected chi connectivity index (χ0v) is 10.5. The first kappa shape index (κ1) is 12.5. The minimum Gasteiger partial charge on any atom is -0.393 e. The van der Waals surface area contributed by atoms with Gasteiger partial charge >= 0.3 is 0 Å². The van der Waals surface area contributed by atoms with Crippen molar-refractivity contribution < 1.29 is 4.39 Å². The molecule has 0 heterocycles. The zero-order valence-electron chi connectivity index (χ0n) is 9.73. The van der Waals surface area contributed by atoms with Gasteiger partial charge in [-0.2, -0.15) is 0 Å². The number of rotatable bonds is 6. The quantitative estimate of drug-likeness (QED) is 0.789. The normalized spacial score (nSPS) is 15.2. The first-order valence-corrected chi connectivity index (χ1v) is 6.33. The van der Waals surface area contributed by atoms with Gasteiger partial charge in [-0.1, -0.05) is 24.4 Å². The Morgan fingerprint density at radius 2 is 2.24 bits per heavy atom. The van der Waals surface area contributed by atoms with Crippen LogP contribution in [0.5, 0.6) is 0 Å². The molecule has 2 nitrogen and oxygen atoms in total. The van der Waals surface area contributed by atoms with Crippen LogP contribution in [0.4, 0.5) is 4.39 Å². The van der Waals surface area contributed by atoms with Crippen molar-refractivity contribution in [3.63, 3.8) is 0 Å². The third kappa shape index (κ3) is 4.06. The fourth-order valence-electron chi connectivity index (χ4n) is 1.95. The van der Waals surface area contributed by atoms with Gasteiger partial charge in [0, 0.05) is 25.6 Å². The Hall–Kier alpha value is -1.00. The number of nitrogens with two attached hydrogens (primary N) is 1. The number of halogens is 1. The van der Waals surface area contributed by atoms with E-state index in [9.17, 15) is 4.39 Å². The summed E-state index contributed by atoms with van der Waals surface area (Å²) in [6.45, 7) is 1.65. The molecule has 0 aromatic heterocycles. The number of thiocarbonyl (C=S) groups is 1. The monoisotopic (exact) mass is 252 g/mol. The highest BCUT2D eigenvalue weighted by Gasteiger charge is 2.28. The standard InChI is InChI=1S/C13H17FN2S/c14-11-3-1-2-10(8-11)9-16(12-4-5-12)7-6-13(15)17/h1-3,8,12H,4-7,9H2,(H2,15,17). The van der Waals surface area contributed by atoms with Gasteiger partial charge in [-0.15, -0.1) is 0 Å². The Morgan fingerprint density at radius 1 is 1.47 bits per heavy atom. The second-order valence-corrected chi connectivity index (χ2v) is 5.07.